The van der Waals surface area contributed by atoms with E-state index in [1.54, 1.807) is 0 Å². The molecular formula is C17H24BrClN2. The highest BCUT2D eigenvalue weighted by Crippen LogP contribution is 2.39. The third kappa shape index (κ3) is 3.31. The number of halogens is 2. The summed E-state index contributed by atoms with van der Waals surface area (Å²) < 4.78 is 1.05. The number of hydrogen-bond donors (Lipinski definition) is 1. The summed E-state index contributed by atoms with van der Waals surface area (Å²) in [6.45, 7) is 0. The number of fused-ring (bicyclic) bond motifs is 2. The second-order valence-corrected chi connectivity index (χ2v) is 7.94. The molecule has 3 rings (SSSR count). The highest BCUT2D eigenvalue weighted by atomic mass is 79.9. The van der Waals surface area contributed by atoms with Gasteiger partial charge in [0.2, 0.25) is 0 Å². The maximum absolute atomic E-state index is 6.40. The third-order valence-corrected chi connectivity index (χ3v) is 6.37. The highest BCUT2D eigenvalue weighted by Gasteiger charge is 2.40. The van der Waals surface area contributed by atoms with Gasteiger partial charge in [-0.15, -0.1) is 0 Å². The minimum atomic E-state index is 0.528. The quantitative estimate of drug-likeness (QED) is 0.857. The van der Waals surface area contributed by atoms with Crippen molar-refractivity contribution in [2.75, 3.05) is 14.1 Å². The van der Waals surface area contributed by atoms with Gasteiger partial charge < -0.3 is 10.2 Å². The topological polar surface area (TPSA) is 15.3 Å². The molecule has 0 radical (unpaired) electrons. The van der Waals surface area contributed by atoms with E-state index in [4.69, 9.17) is 11.6 Å². The van der Waals surface area contributed by atoms with Crippen molar-refractivity contribution in [1.82, 2.24) is 10.2 Å². The van der Waals surface area contributed by atoms with Crippen molar-refractivity contribution in [2.24, 2.45) is 5.92 Å². The molecule has 0 spiro atoms. The molecule has 2 aliphatic heterocycles. The Morgan fingerprint density at radius 3 is 2.57 bits per heavy atom. The number of hydrogen-bond acceptors (Lipinski definition) is 2. The lowest BCUT2D eigenvalue weighted by Crippen LogP contribution is -2.47. The Morgan fingerprint density at radius 1 is 1.33 bits per heavy atom. The van der Waals surface area contributed by atoms with Crippen LogP contribution in [0, 0.1) is 5.92 Å². The van der Waals surface area contributed by atoms with E-state index in [0.717, 1.165) is 33.9 Å². The van der Waals surface area contributed by atoms with Gasteiger partial charge in [0.05, 0.1) is 0 Å². The van der Waals surface area contributed by atoms with E-state index in [1.165, 1.54) is 31.2 Å². The summed E-state index contributed by atoms with van der Waals surface area (Å²) >= 11 is 9.88. The molecule has 0 aromatic heterocycles. The van der Waals surface area contributed by atoms with E-state index in [9.17, 15) is 0 Å². The fourth-order valence-electron chi connectivity index (χ4n) is 4.21. The fourth-order valence-corrected chi connectivity index (χ4v) is 4.96. The Bertz CT molecular complexity index is 494. The van der Waals surface area contributed by atoms with Crippen LogP contribution in [0.25, 0.3) is 0 Å². The van der Waals surface area contributed by atoms with Gasteiger partial charge in [-0.25, -0.2) is 0 Å². The lowest BCUT2D eigenvalue weighted by molar-refractivity contribution is 0.114. The van der Waals surface area contributed by atoms with Crippen molar-refractivity contribution in [3.05, 3.63) is 33.3 Å². The number of nitrogens with one attached hydrogen (secondary N) is 1. The molecule has 3 unspecified atom stereocenters. The average molecular weight is 372 g/mol. The predicted octanol–water partition coefficient (Wildman–Crippen LogP) is 4.11. The molecule has 2 nitrogen and oxygen atoms in total. The summed E-state index contributed by atoms with van der Waals surface area (Å²) in [6, 6.07) is 8.37. The van der Waals surface area contributed by atoms with Gasteiger partial charge in [-0.3, -0.25) is 0 Å². The zero-order valence-electron chi connectivity index (χ0n) is 12.8. The smallest absolute Gasteiger partial charge is 0.0449 e. The van der Waals surface area contributed by atoms with Crippen molar-refractivity contribution in [2.45, 2.75) is 50.2 Å². The van der Waals surface area contributed by atoms with E-state index in [2.05, 4.69) is 52.4 Å². The van der Waals surface area contributed by atoms with Gasteiger partial charge in [0.1, 0.15) is 0 Å². The summed E-state index contributed by atoms with van der Waals surface area (Å²) in [4.78, 5) is 2.61. The Balaban J connectivity index is 1.71. The maximum atomic E-state index is 6.40. The van der Waals surface area contributed by atoms with Gasteiger partial charge in [0.25, 0.3) is 0 Å². The van der Waals surface area contributed by atoms with Crippen LogP contribution < -0.4 is 5.32 Å². The first kappa shape index (κ1) is 15.8. The fraction of sp³-hybridized carbons (Fsp3) is 0.647. The third-order valence-electron chi connectivity index (χ3n) is 5.53. The summed E-state index contributed by atoms with van der Waals surface area (Å²) in [6.07, 6.45) is 6.44. The molecule has 2 aliphatic rings. The molecule has 1 N–H and O–H groups in total. The number of rotatable bonds is 4. The van der Waals surface area contributed by atoms with E-state index in [1.807, 2.05) is 6.07 Å². The van der Waals surface area contributed by atoms with Crippen LogP contribution in [-0.4, -0.2) is 37.1 Å². The summed E-state index contributed by atoms with van der Waals surface area (Å²) in [5.41, 5.74) is 1.26. The van der Waals surface area contributed by atoms with Crippen LogP contribution in [0.5, 0.6) is 0 Å². The minimum absolute atomic E-state index is 0.528. The van der Waals surface area contributed by atoms with Crippen LogP contribution in [0.1, 0.15) is 31.2 Å². The molecule has 116 valence electrons. The lowest BCUT2D eigenvalue weighted by Gasteiger charge is -2.40. The van der Waals surface area contributed by atoms with Gasteiger partial charge in [-0.05, 0) is 69.8 Å². The number of likely N-dealkylation sites (N-methyl/N-ethyl adjacent to an activating group) is 1. The molecule has 2 heterocycles. The minimum Gasteiger partial charge on any atom is -0.316 e. The van der Waals surface area contributed by atoms with E-state index in [0.29, 0.717) is 6.04 Å². The van der Waals surface area contributed by atoms with Crippen LogP contribution >= 0.6 is 27.5 Å². The highest BCUT2D eigenvalue weighted by molar-refractivity contribution is 9.10. The van der Waals surface area contributed by atoms with E-state index >= 15 is 0 Å². The summed E-state index contributed by atoms with van der Waals surface area (Å²) in [5.74, 6) is 0.767. The van der Waals surface area contributed by atoms with Crippen molar-refractivity contribution in [1.29, 1.82) is 0 Å². The van der Waals surface area contributed by atoms with Crippen LogP contribution in [0.3, 0.4) is 0 Å². The molecule has 1 aromatic carbocycles. The summed E-state index contributed by atoms with van der Waals surface area (Å²) in [7, 11) is 4.40. The molecule has 0 saturated carbocycles. The SMILES string of the molecule is CNC(Cc1ccc(Br)cc1Cl)C1CC2CCC(C1)N2C. The van der Waals surface area contributed by atoms with Crippen molar-refractivity contribution < 1.29 is 0 Å². The number of nitrogens with zero attached hydrogens (tertiary/aromatic N) is 1. The average Bonchev–Trinajstić information content (AvgIpc) is 2.68. The van der Waals surface area contributed by atoms with Crippen molar-refractivity contribution in [3.63, 3.8) is 0 Å². The second kappa shape index (κ2) is 6.57. The molecule has 2 saturated heterocycles. The van der Waals surface area contributed by atoms with Crippen LogP contribution in [0.15, 0.2) is 22.7 Å². The van der Waals surface area contributed by atoms with Crippen LogP contribution in [0.2, 0.25) is 5.02 Å². The van der Waals surface area contributed by atoms with Crippen LogP contribution in [0.4, 0.5) is 0 Å². The molecule has 21 heavy (non-hydrogen) atoms. The molecule has 2 fully saturated rings. The molecule has 3 atom stereocenters. The number of benzene rings is 1. The Kier molecular flexibility index (Phi) is 4.94. The molecule has 0 aliphatic carbocycles. The standard InChI is InChI=1S/C17H24BrClN2/c1-20-17(9-11-3-4-13(18)10-16(11)19)12-7-14-5-6-15(8-12)21(14)2/h3-4,10,12,14-15,17,20H,5-9H2,1-2H3. The van der Waals surface area contributed by atoms with Crippen LogP contribution in [-0.2, 0) is 6.42 Å². The van der Waals surface area contributed by atoms with Gasteiger partial charge in [0.15, 0.2) is 0 Å². The van der Waals surface area contributed by atoms with Gasteiger partial charge in [0, 0.05) is 27.6 Å². The maximum Gasteiger partial charge on any atom is 0.0449 e. The first-order valence-electron chi connectivity index (χ1n) is 7.91. The number of piperidine rings is 1. The molecule has 1 aromatic rings. The molecule has 0 amide bonds. The lowest BCUT2D eigenvalue weighted by atomic mass is 9.82. The Labute approximate surface area is 141 Å². The van der Waals surface area contributed by atoms with Crippen molar-refractivity contribution >= 4 is 27.5 Å². The second-order valence-electron chi connectivity index (χ2n) is 6.62. The Hall–Kier alpha value is -0.0900. The monoisotopic (exact) mass is 370 g/mol. The predicted molar refractivity (Wildman–Crippen MR) is 93.0 cm³/mol. The van der Waals surface area contributed by atoms with E-state index < -0.39 is 0 Å². The first-order valence-corrected chi connectivity index (χ1v) is 9.08. The molecule has 2 bridgehead atoms. The van der Waals surface area contributed by atoms with E-state index in [-0.39, 0.29) is 0 Å². The van der Waals surface area contributed by atoms with Gasteiger partial charge in [-0.1, -0.05) is 33.6 Å². The van der Waals surface area contributed by atoms with Crippen molar-refractivity contribution in [3.8, 4) is 0 Å². The van der Waals surface area contributed by atoms with Gasteiger partial charge >= 0.3 is 0 Å². The first-order chi connectivity index (χ1) is 10.1. The molecule has 4 heteroatoms. The molecular weight excluding hydrogens is 348 g/mol. The zero-order chi connectivity index (χ0) is 15.0. The largest absolute Gasteiger partial charge is 0.316 e. The van der Waals surface area contributed by atoms with Gasteiger partial charge in [-0.2, -0.15) is 0 Å². The Morgan fingerprint density at radius 2 is 2.00 bits per heavy atom. The normalized spacial score (nSPS) is 30.6. The zero-order valence-corrected chi connectivity index (χ0v) is 15.1. The summed E-state index contributed by atoms with van der Waals surface area (Å²) in [5, 5.41) is 4.43.